The molecule has 0 saturated heterocycles. The number of hydrogen-bond acceptors (Lipinski definition) is 7. The summed E-state index contributed by atoms with van der Waals surface area (Å²) >= 11 is 0. The molecule has 1 N–H and O–H groups in total. The molecule has 1 amide bonds. The van der Waals surface area contributed by atoms with Crippen molar-refractivity contribution in [2.75, 3.05) is 25.8 Å². The maximum atomic E-state index is 12.5. The quantitative estimate of drug-likeness (QED) is 0.658. The zero-order valence-electron chi connectivity index (χ0n) is 17.4. The molecule has 0 aliphatic carbocycles. The molecule has 1 aliphatic heterocycles. The highest BCUT2D eigenvalue weighted by atomic mass is 16.7. The first kappa shape index (κ1) is 21.3. The molecule has 3 rings (SSSR count). The Labute approximate surface area is 175 Å². The standard InChI is InChI=1S/C22H25NO7/c1-13(2)11-27-17-7-5-15(9-19(17)26-4)22(25)30-14(3)21(24)23-16-6-8-18-20(10-16)29-12-28-18/h5-10,13-14H,11-12H2,1-4H3,(H,23,24)/t14-/m0/s1. The number of methoxy groups -OCH3 is 1. The van der Waals surface area contributed by atoms with Crippen molar-refractivity contribution in [1.82, 2.24) is 0 Å². The maximum absolute atomic E-state index is 12.5. The van der Waals surface area contributed by atoms with E-state index in [0.29, 0.717) is 41.2 Å². The van der Waals surface area contributed by atoms with Gasteiger partial charge in [0.25, 0.3) is 5.91 Å². The maximum Gasteiger partial charge on any atom is 0.339 e. The van der Waals surface area contributed by atoms with Crippen LogP contribution in [0.1, 0.15) is 31.1 Å². The monoisotopic (exact) mass is 415 g/mol. The predicted octanol–water partition coefficient (Wildman–Crippen LogP) is 3.64. The van der Waals surface area contributed by atoms with E-state index in [1.54, 1.807) is 30.3 Å². The van der Waals surface area contributed by atoms with E-state index in [4.69, 9.17) is 23.7 Å². The Hall–Kier alpha value is -3.42. The highest BCUT2D eigenvalue weighted by molar-refractivity contribution is 5.97. The van der Waals surface area contributed by atoms with Crippen LogP contribution < -0.4 is 24.3 Å². The van der Waals surface area contributed by atoms with E-state index in [0.717, 1.165) is 0 Å². The molecule has 8 heteroatoms. The summed E-state index contributed by atoms with van der Waals surface area (Å²) in [7, 11) is 1.49. The fourth-order valence-electron chi connectivity index (χ4n) is 2.67. The van der Waals surface area contributed by atoms with Gasteiger partial charge in [-0.3, -0.25) is 4.79 Å². The van der Waals surface area contributed by atoms with Gasteiger partial charge in [0, 0.05) is 11.8 Å². The van der Waals surface area contributed by atoms with Gasteiger partial charge in [0.1, 0.15) is 0 Å². The number of esters is 1. The minimum Gasteiger partial charge on any atom is -0.493 e. The summed E-state index contributed by atoms with van der Waals surface area (Å²) in [5, 5.41) is 2.69. The average Bonchev–Trinajstić information content (AvgIpc) is 3.19. The molecule has 0 bridgehead atoms. The number of ether oxygens (including phenoxy) is 5. The van der Waals surface area contributed by atoms with Gasteiger partial charge in [-0.15, -0.1) is 0 Å². The molecule has 1 aliphatic rings. The van der Waals surface area contributed by atoms with Crippen molar-refractivity contribution in [1.29, 1.82) is 0 Å². The SMILES string of the molecule is COc1cc(C(=O)O[C@@H](C)C(=O)Nc2ccc3c(c2)OCO3)ccc1OCC(C)C. The minimum atomic E-state index is -1.01. The molecule has 0 unspecified atom stereocenters. The zero-order valence-corrected chi connectivity index (χ0v) is 17.4. The Morgan fingerprint density at radius 1 is 1.03 bits per heavy atom. The Morgan fingerprint density at radius 2 is 1.80 bits per heavy atom. The van der Waals surface area contributed by atoms with Crippen LogP contribution in [-0.4, -0.2) is 38.5 Å². The summed E-state index contributed by atoms with van der Waals surface area (Å²) < 4.78 is 26.8. The molecule has 1 heterocycles. The molecule has 2 aromatic carbocycles. The Morgan fingerprint density at radius 3 is 2.53 bits per heavy atom. The van der Waals surface area contributed by atoms with E-state index in [9.17, 15) is 9.59 Å². The third-order valence-electron chi connectivity index (χ3n) is 4.26. The van der Waals surface area contributed by atoms with E-state index >= 15 is 0 Å². The summed E-state index contributed by atoms with van der Waals surface area (Å²) in [6.45, 7) is 6.24. The summed E-state index contributed by atoms with van der Waals surface area (Å²) in [4.78, 5) is 24.9. The highest BCUT2D eigenvalue weighted by Crippen LogP contribution is 2.34. The lowest BCUT2D eigenvalue weighted by Crippen LogP contribution is -2.30. The second kappa shape index (κ2) is 9.39. The van der Waals surface area contributed by atoms with E-state index in [2.05, 4.69) is 5.32 Å². The molecule has 30 heavy (non-hydrogen) atoms. The van der Waals surface area contributed by atoms with Crippen LogP contribution in [-0.2, 0) is 9.53 Å². The highest BCUT2D eigenvalue weighted by Gasteiger charge is 2.21. The lowest BCUT2D eigenvalue weighted by atomic mass is 10.2. The summed E-state index contributed by atoms with van der Waals surface area (Å²) in [6.07, 6.45) is -1.01. The number of anilines is 1. The molecule has 160 valence electrons. The number of benzene rings is 2. The molecule has 0 aromatic heterocycles. The van der Waals surface area contributed by atoms with Crippen molar-refractivity contribution in [3.05, 3.63) is 42.0 Å². The normalized spacial score (nSPS) is 13.0. The van der Waals surface area contributed by atoms with Crippen LogP contribution in [0.3, 0.4) is 0 Å². The number of fused-ring (bicyclic) bond motifs is 1. The van der Waals surface area contributed by atoms with Crippen molar-refractivity contribution in [3.8, 4) is 23.0 Å². The Bertz CT molecular complexity index is 926. The molecule has 0 fully saturated rings. The molecule has 0 saturated carbocycles. The first-order chi connectivity index (χ1) is 14.4. The molecule has 0 radical (unpaired) electrons. The average molecular weight is 415 g/mol. The third kappa shape index (κ3) is 5.14. The fourth-order valence-corrected chi connectivity index (χ4v) is 2.67. The van der Waals surface area contributed by atoms with Crippen LogP contribution in [0.4, 0.5) is 5.69 Å². The van der Waals surface area contributed by atoms with E-state index in [1.807, 2.05) is 13.8 Å². The number of carbonyl (C=O) groups is 2. The first-order valence-corrected chi connectivity index (χ1v) is 9.59. The lowest BCUT2D eigenvalue weighted by molar-refractivity contribution is -0.123. The lowest BCUT2D eigenvalue weighted by Gasteiger charge is -2.15. The second-order valence-corrected chi connectivity index (χ2v) is 7.18. The van der Waals surface area contributed by atoms with Gasteiger partial charge in [-0.1, -0.05) is 13.8 Å². The van der Waals surface area contributed by atoms with Gasteiger partial charge >= 0.3 is 5.97 Å². The Balaban J connectivity index is 1.61. The van der Waals surface area contributed by atoms with Gasteiger partial charge in [-0.05, 0) is 43.2 Å². The van der Waals surface area contributed by atoms with E-state index in [1.165, 1.54) is 20.1 Å². The van der Waals surface area contributed by atoms with Crippen molar-refractivity contribution in [2.45, 2.75) is 26.9 Å². The van der Waals surface area contributed by atoms with E-state index in [-0.39, 0.29) is 12.4 Å². The largest absolute Gasteiger partial charge is 0.493 e. The molecular weight excluding hydrogens is 390 g/mol. The smallest absolute Gasteiger partial charge is 0.339 e. The number of rotatable bonds is 8. The second-order valence-electron chi connectivity index (χ2n) is 7.18. The van der Waals surface area contributed by atoms with Crippen LogP contribution in [0.15, 0.2) is 36.4 Å². The Kier molecular flexibility index (Phi) is 6.66. The van der Waals surface area contributed by atoms with Gasteiger partial charge in [0.15, 0.2) is 29.1 Å². The van der Waals surface area contributed by atoms with E-state index < -0.39 is 18.0 Å². The number of hydrogen-bond donors (Lipinski definition) is 1. The molecule has 0 spiro atoms. The fraction of sp³-hybridized carbons (Fsp3) is 0.364. The predicted molar refractivity (Wildman–Crippen MR) is 109 cm³/mol. The number of nitrogens with one attached hydrogen (secondary N) is 1. The molecule has 2 aromatic rings. The van der Waals surface area contributed by atoms with Gasteiger partial charge in [-0.2, -0.15) is 0 Å². The molecule has 8 nitrogen and oxygen atoms in total. The van der Waals surface area contributed by atoms with Crippen LogP contribution in [0.5, 0.6) is 23.0 Å². The van der Waals surface area contributed by atoms with Gasteiger partial charge < -0.3 is 29.0 Å². The third-order valence-corrected chi connectivity index (χ3v) is 4.26. The van der Waals surface area contributed by atoms with Crippen LogP contribution >= 0.6 is 0 Å². The van der Waals surface area contributed by atoms with Gasteiger partial charge in [0.05, 0.1) is 19.3 Å². The minimum absolute atomic E-state index is 0.144. The summed E-state index contributed by atoms with van der Waals surface area (Å²) in [6, 6.07) is 9.78. The molecule has 1 atom stereocenters. The zero-order chi connectivity index (χ0) is 21.7. The molecular formula is C22H25NO7. The first-order valence-electron chi connectivity index (χ1n) is 9.59. The number of amides is 1. The van der Waals surface area contributed by atoms with Gasteiger partial charge in [0.2, 0.25) is 6.79 Å². The van der Waals surface area contributed by atoms with Crippen molar-refractivity contribution in [3.63, 3.8) is 0 Å². The number of carbonyl (C=O) groups excluding carboxylic acids is 2. The van der Waals surface area contributed by atoms with Crippen LogP contribution in [0, 0.1) is 5.92 Å². The van der Waals surface area contributed by atoms with Crippen molar-refractivity contribution in [2.24, 2.45) is 5.92 Å². The summed E-state index contributed by atoms with van der Waals surface area (Å²) in [5.74, 6) is 1.36. The summed E-state index contributed by atoms with van der Waals surface area (Å²) in [5.41, 5.74) is 0.770. The van der Waals surface area contributed by atoms with Crippen molar-refractivity contribution < 1.29 is 33.3 Å². The van der Waals surface area contributed by atoms with Crippen LogP contribution in [0.25, 0.3) is 0 Å². The van der Waals surface area contributed by atoms with Gasteiger partial charge in [-0.25, -0.2) is 4.79 Å². The topological polar surface area (TPSA) is 92.3 Å². The van der Waals surface area contributed by atoms with Crippen molar-refractivity contribution >= 4 is 17.6 Å². The van der Waals surface area contributed by atoms with Crippen LogP contribution in [0.2, 0.25) is 0 Å².